The van der Waals surface area contributed by atoms with Gasteiger partial charge in [-0.05, 0) is 30.0 Å². The number of rotatable bonds is 7. The molecule has 0 N–H and O–H groups in total. The number of benzene rings is 2. The number of aryl methyl sites for hydroxylation is 2. The second-order valence-electron chi connectivity index (χ2n) is 5.12. The van der Waals surface area contributed by atoms with Gasteiger partial charge in [0.15, 0.2) is 12.4 Å². The molecule has 0 atom stereocenters. The van der Waals surface area contributed by atoms with Gasteiger partial charge in [0.1, 0.15) is 5.75 Å². The summed E-state index contributed by atoms with van der Waals surface area (Å²) < 4.78 is 5.67. The van der Waals surface area contributed by atoms with Crippen molar-refractivity contribution in [2.75, 3.05) is 6.61 Å². The van der Waals surface area contributed by atoms with Crippen molar-refractivity contribution in [3.8, 4) is 5.75 Å². The molecule has 0 fully saturated rings. The lowest BCUT2D eigenvalue weighted by Gasteiger charge is -2.09. The molecular weight excluding hydrogens is 260 g/mol. The van der Waals surface area contributed by atoms with E-state index in [2.05, 4.69) is 13.8 Å². The molecule has 0 saturated heterocycles. The molecule has 0 saturated carbocycles. The van der Waals surface area contributed by atoms with Crippen LogP contribution in [0.25, 0.3) is 0 Å². The molecule has 0 aromatic heterocycles. The molecule has 21 heavy (non-hydrogen) atoms. The fourth-order valence-corrected chi connectivity index (χ4v) is 2.31. The van der Waals surface area contributed by atoms with Crippen molar-refractivity contribution in [1.82, 2.24) is 0 Å². The number of Topliss-reactive ketones (excluding diaryl/α,β-unsaturated/α-hetero) is 1. The number of carbonyl (C=O) groups is 1. The first-order chi connectivity index (χ1) is 10.2. The SMILES string of the molecule is CCCc1ccc(C(=O)COc2ccccc2CC)cc1. The van der Waals surface area contributed by atoms with Gasteiger partial charge in [-0.15, -0.1) is 0 Å². The lowest BCUT2D eigenvalue weighted by Crippen LogP contribution is -2.12. The third-order valence-electron chi connectivity index (χ3n) is 3.53. The van der Waals surface area contributed by atoms with Crippen LogP contribution in [0.1, 0.15) is 41.8 Å². The van der Waals surface area contributed by atoms with E-state index < -0.39 is 0 Å². The van der Waals surface area contributed by atoms with Gasteiger partial charge in [0.2, 0.25) is 0 Å². The Labute approximate surface area is 126 Å². The van der Waals surface area contributed by atoms with Crippen molar-refractivity contribution in [3.05, 3.63) is 65.2 Å². The van der Waals surface area contributed by atoms with Crippen LogP contribution in [0.2, 0.25) is 0 Å². The maximum absolute atomic E-state index is 12.2. The van der Waals surface area contributed by atoms with Crippen molar-refractivity contribution in [2.45, 2.75) is 33.1 Å². The van der Waals surface area contributed by atoms with E-state index in [4.69, 9.17) is 4.74 Å². The third kappa shape index (κ3) is 4.19. The van der Waals surface area contributed by atoms with Crippen molar-refractivity contribution >= 4 is 5.78 Å². The lowest BCUT2D eigenvalue weighted by atomic mass is 10.1. The third-order valence-corrected chi connectivity index (χ3v) is 3.53. The Morgan fingerprint density at radius 2 is 1.71 bits per heavy atom. The fourth-order valence-electron chi connectivity index (χ4n) is 2.31. The van der Waals surface area contributed by atoms with Crippen LogP contribution < -0.4 is 4.74 Å². The Balaban J connectivity index is 1.98. The number of para-hydroxylation sites is 1. The quantitative estimate of drug-likeness (QED) is 0.701. The Kier molecular flexibility index (Phi) is 5.56. The summed E-state index contributed by atoms with van der Waals surface area (Å²) in [4.78, 5) is 12.2. The minimum atomic E-state index is 0.0176. The van der Waals surface area contributed by atoms with E-state index in [0.29, 0.717) is 5.56 Å². The molecule has 0 radical (unpaired) electrons. The number of hydrogen-bond acceptors (Lipinski definition) is 2. The molecule has 0 aliphatic heterocycles. The predicted molar refractivity (Wildman–Crippen MR) is 86.1 cm³/mol. The van der Waals surface area contributed by atoms with E-state index in [-0.39, 0.29) is 12.4 Å². The zero-order valence-electron chi connectivity index (χ0n) is 12.8. The predicted octanol–water partition coefficient (Wildman–Crippen LogP) is 4.46. The molecule has 0 aliphatic carbocycles. The van der Waals surface area contributed by atoms with E-state index in [1.165, 1.54) is 5.56 Å². The Hall–Kier alpha value is -2.09. The van der Waals surface area contributed by atoms with Crippen molar-refractivity contribution in [1.29, 1.82) is 0 Å². The van der Waals surface area contributed by atoms with Crippen molar-refractivity contribution in [2.24, 2.45) is 0 Å². The monoisotopic (exact) mass is 282 g/mol. The molecule has 2 rings (SSSR count). The molecule has 0 unspecified atom stereocenters. The molecular formula is C19H22O2. The summed E-state index contributed by atoms with van der Waals surface area (Å²) in [5.41, 5.74) is 3.11. The summed E-state index contributed by atoms with van der Waals surface area (Å²) in [6.45, 7) is 4.32. The molecule has 0 amide bonds. The fraction of sp³-hybridized carbons (Fsp3) is 0.316. The number of hydrogen-bond donors (Lipinski definition) is 0. The molecule has 0 aliphatic rings. The smallest absolute Gasteiger partial charge is 0.200 e. The van der Waals surface area contributed by atoms with Gasteiger partial charge in [-0.1, -0.05) is 62.7 Å². The Bertz CT molecular complexity index is 585. The molecule has 2 aromatic rings. The highest BCUT2D eigenvalue weighted by Crippen LogP contribution is 2.18. The highest BCUT2D eigenvalue weighted by molar-refractivity contribution is 5.97. The summed E-state index contributed by atoms with van der Waals surface area (Å²) in [6.07, 6.45) is 3.06. The van der Waals surface area contributed by atoms with Gasteiger partial charge in [-0.2, -0.15) is 0 Å². The first-order valence-electron chi connectivity index (χ1n) is 7.57. The first kappa shape index (κ1) is 15.3. The van der Waals surface area contributed by atoms with Gasteiger partial charge in [-0.25, -0.2) is 0 Å². The molecule has 2 heteroatoms. The molecule has 0 heterocycles. The summed E-state index contributed by atoms with van der Waals surface area (Å²) in [5, 5.41) is 0. The molecule has 2 nitrogen and oxygen atoms in total. The summed E-state index contributed by atoms with van der Waals surface area (Å²) in [5.74, 6) is 0.819. The first-order valence-corrected chi connectivity index (χ1v) is 7.57. The van der Waals surface area contributed by atoms with E-state index >= 15 is 0 Å². The topological polar surface area (TPSA) is 26.3 Å². The Morgan fingerprint density at radius 3 is 2.38 bits per heavy atom. The van der Waals surface area contributed by atoms with Crippen molar-refractivity contribution in [3.63, 3.8) is 0 Å². The van der Waals surface area contributed by atoms with Crippen LogP contribution in [0.4, 0.5) is 0 Å². The van der Waals surface area contributed by atoms with E-state index in [0.717, 1.165) is 30.6 Å². The Morgan fingerprint density at radius 1 is 1.00 bits per heavy atom. The van der Waals surface area contributed by atoms with Gasteiger partial charge in [0.05, 0.1) is 0 Å². The van der Waals surface area contributed by atoms with Gasteiger partial charge in [-0.3, -0.25) is 4.79 Å². The number of ketones is 1. The van der Waals surface area contributed by atoms with Crippen LogP contribution in [-0.2, 0) is 12.8 Å². The van der Waals surface area contributed by atoms with Crippen LogP contribution in [0.5, 0.6) is 5.75 Å². The lowest BCUT2D eigenvalue weighted by molar-refractivity contribution is 0.0921. The standard InChI is InChI=1S/C19H22O2/c1-3-7-15-10-12-17(13-11-15)18(20)14-21-19-9-6-5-8-16(19)4-2/h5-6,8-13H,3-4,7,14H2,1-2H3. The highest BCUT2D eigenvalue weighted by atomic mass is 16.5. The van der Waals surface area contributed by atoms with Gasteiger partial charge in [0, 0.05) is 5.56 Å². The van der Waals surface area contributed by atoms with Gasteiger partial charge >= 0.3 is 0 Å². The highest BCUT2D eigenvalue weighted by Gasteiger charge is 2.08. The van der Waals surface area contributed by atoms with Crippen LogP contribution >= 0.6 is 0 Å². The normalized spacial score (nSPS) is 10.4. The maximum atomic E-state index is 12.2. The van der Waals surface area contributed by atoms with Crippen LogP contribution in [0.15, 0.2) is 48.5 Å². The van der Waals surface area contributed by atoms with E-state index in [1.54, 1.807) is 0 Å². The molecule has 2 aromatic carbocycles. The summed E-state index contributed by atoms with van der Waals surface area (Å²) >= 11 is 0. The molecule has 0 bridgehead atoms. The van der Waals surface area contributed by atoms with Gasteiger partial charge < -0.3 is 4.74 Å². The summed E-state index contributed by atoms with van der Waals surface area (Å²) in [6, 6.07) is 15.7. The molecule has 110 valence electrons. The number of ether oxygens (including phenoxy) is 1. The minimum Gasteiger partial charge on any atom is -0.485 e. The average molecular weight is 282 g/mol. The second kappa shape index (κ2) is 7.63. The van der Waals surface area contributed by atoms with Crippen molar-refractivity contribution < 1.29 is 9.53 Å². The average Bonchev–Trinajstić information content (AvgIpc) is 2.54. The van der Waals surface area contributed by atoms with E-state index in [1.807, 2.05) is 48.5 Å². The van der Waals surface area contributed by atoms with Crippen LogP contribution in [-0.4, -0.2) is 12.4 Å². The van der Waals surface area contributed by atoms with Gasteiger partial charge in [0.25, 0.3) is 0 Å². The zero-order valence-corrected chi connectivity index (χ0v) is 12.8. The van der Waals surface area contributed by atoms with E-state index in [9.17, 15) is 4.79 Å². The molecule has 0 spiro atoms. The number of carbonyl (C=O) groups excluding carboxylic acids is 1. The summed E-state index contributed by atoms with van der Waals surface area (Å²) in [7, 11) is 0. The van der Waals surface area contributed by atoms with Crippen LogP contribution in [0, 0.1) is 0 Å². The van der Waals surface area contributed by atoms with Crippen LogP contribution in [0.3, 0.4) is 0 Å². The zero-order chi connectivity index (χ0) is 15.1. The second-order valence-corrected chi connectivity index (χ2v) is 5.12. The largest absolute Gasteiger partial charge is 0.485 e. The maximum Gasteiger partial charge on any atom is 0.200 e. The minimum absolute atomic E-state index is 0.0176.